The predicted octanol–water partition coefficient (Wildman–Crippen LogP) is 2.28. The van der Waals surface area contributed by atoms with E-state index in [9.17, 15) is 9.59 Å². The number of hydrogen-bond acceptors (Lipinski definition) is 6. The van der Waals surface area contributed by atoms with Crippen molar-refractivity contribution in [2.75, 3.05) is 33.2 Å². The Hall–Kier alpha value is -3.55. The van der Waals surface area contributed by atoms with E-state index in [0.717, 1.165) is 0 Å². The monoisotopic (exact) mass is 371 g/mol. The van der Waals surface area contributed by atoms with Gasteiger partial charge in [-0.05, 0) is 6.07 Å². The first-order valence-corrected chi connectivity index (χ1v) is 7.99. The van der Waals surface area contributed by atoms with Crippen LogP contribution in [0.4, 0.5) is 5.69 Å². The number of nitrogens with zero attached hydrogens (tertiary/aromatic N) is 1. The molecule has 2 N–H and O–H groups in total. The summed E-state index contributed by atoms with van der Waals surface area (Å²) in [5.74, 6) is 0.450. The van der Waals surface area contributed by atoms with Crippen LogP contribution < -0.4 is 24.8 Å². The van der Waals surface area contributed by atoms with Crippen LogP contribution in [-0.4, -0.2) is 44.7 Å². The molecule has 2 rings (SSSR count). The molecule has 8 nitrogen and oxygen atoms in total. The van der Waals surface area contributed by atoms with Crippen molar-refractivity contribution in [3.63, 3.8) is 0 Å². The van der Waals surface area contributed by atoms with Crippen LogP contribution in [0.25, 0.3) is 0 Å². The summed E-state index contributed by atoms with van der Waals surface area (Å²) in [5, 5.41) is 5.36. The van der Waals surface area contributed by atoms with Gasteiger partial charge < -0.3 is 24.8 Å². The molecular formula is C19H21N3O5. The van der Waals surface area contributed by atoms with Crippen molar-refractivity contribution in [1.29, 1.82) is 0 Å². The van der Waals surface area contributed by atoms with Gasteiger partial charge in [0.2, 0.25) is 5.75 Å². The Labute approximate surface area is 157 Å². The lowest BCUT2D eigenvalue weighted by molar-refractivity contribution is 0.0957. The summed E-state index contributed by atoms with van der Waals surface area (Å²) in [7, 11) is 4.46. The Balaban J connectivity index is 2.25. The number of amides is 2. The van der Waals surface area contributed by atoms with Crippen LogP contribution >= 0.6 is 0 Å². The third-order valence-corrected chi connectivity index (χ3v) is 3.59. The molecule has 1 aromatic carbocycles. The van der Waals surface area contributed by atoms with Crippen LogP contribution in [0.1, 0.15) is 20.7 Å². The predicted molar refractivity (Wildman–Crippen MR) is 101 cm³/mol. The fraction of sp³-hybridized carbons (Fsp3) is 0.211. The standard InChI is InChI=1S/C19H21N3O5/c1-5-6-21-18(23)12-7-13(11-20-10-12)19(24)22-14-8-15(25-2)17(27-4)16(9-14)26-3/h5,7-11H,1,6H2,2-4H3,(H,21,23)(H,22,24). The van der Waals surface area contributed by atoms with Gasteiger partial charge in [0.15, 0.2) is 11.5 Å². The molecule has 0 fully saturated rings. The minimum atomic E-state index is -0.435. The van der Waals surface area contributed by atoms with Crippen LogP contribution in [0.3, 0.4) is 0 Å². The molecule has 27 heavy (non-hydrogen) atoms. The molecule has 0 spiro atoms. The normalized spacial score (nSPS) is 9.89. The molecule has 0 bridgehead atoms. The molecule has 142 valence electrons. The maximum absolute atomic E-state index is 12.5. The van der Waals surface area contributed by atoms with Gasteiger partial charge in [-0.1, -0.05) is 6.08 Å². The van der Waals surface area contributed by atoms with Gasteiger partial charge >= 0.3 is 0 Å². The highest BCUT2D eigenvalue weighted by atomic mass is 16.5. The van der Waals surface area contributed by atoms with Gasteiger partial charge in [0.1, 0.15) is 0 Å². The Kier molecular flexibility index (Phi) is 6.76. The summed E-state index contributed by atoms with van der Waals surface area (Å²) in [4.78, 5) is 28.5. The first-order valence-electron chi connectivity index (χ1n) is 7.99. The lowest BCUT2D eigenvalue weighted by Crippen LogP contribution is -2.24. The number of hydrogen-bond donors (Lipinski definition) is 2. The van der Waals surface area contributed by atoms with Gasteiger partial charge in [0.05, 0.1) is 32.5 Å². The first-order chi connectivity index (χ1) is 13.0. The third kappa shape index (κ3) is 4.75. The van der Waals surface area contributed by atoms with Crippen LogP contribution in [0.15, 0.2) is 43.2 Å². The zero-order valence-electron chi connectivity index (χ0n) is 15.4. The number of rotatable bonds is 8. The van der Waals surface area contributed by atoms with Crippen LogP contribution in [0.5, 0.6) is 17.2 Å². The number of carbonyl (C=O) groups is 2. The smallest absolute Gasteiger partial charge is 0.257 e. The first kappa shape index (κ1) is 19.8. The van der Waals surface area contributed by atoms with E-state index in [1.54, 1.807) is 18.2 Å². The van der Waals surface area contributed by atoms with E-state index >= 15 is 0 Å². The Morgan fingerprint density at radius 1 is 1.00 bits per heavy atom. The fourth-order valence-corrected chi connectivity index (χ4v) is 2.31. The Morgan fingerprint density at radius 3 is 2.11 bits per heavy atom. The van der Waals surface area contributed by atoms with Gasteiger partial charge in [-0.2, -0.15) is 0 Å². The fourth-order valence-electron chi connectivity index (χ4n) is 2.31. The molecule has 0 radical (unpaired) electrons. The van der Waals surface area contributed by atoms with Crippen molar-refractivity contribution in [2.45, 2.75) is 0 Å². The summed E-state index contributed by atoms with van der Waals surface area (Å²) in [6.45, 7) is 3.86. The third-order valence-electron chi connectivity index (χ3n) is 3.59. The van der Waals surface area contributed by atoms with E-state index in [1.165, 1.54) is 39.8 Å². The number of anilines is 1. The summed E-state index contributed by atoms with van der Waals surface area (Å²) < 4.78 is 15.8. The summed E-state index contributed by atoms with van der Waals surface area (Å²) in [5.41, 5.74) is 0.945. The molecule has 0 aliphatic rings. The van der Waals surface area contributed by atoms with Crippen LogP contribution in [-0.2, 0) is 0 Å². The van der Waals surface area contributed by atoms with Crippen molar-refractivity contribution in [3.05, 3.63) is 54.4 Å². The number of benzene rings is 1. The van der Waals surface area contributed by atoms with Gasteiger partial charge in [-0.25, -0.2) is 0 Å². The molecule has 0 aliphatic heterocycles. The SMILES string of the molecule is C=CCNC(=O)c1cncc(C(=O)Nc2cc(OC)c(OC)c(OC)c2)c1. The molecule has 0 aliphatic carbocycles. The van der Waals surface area contributed by atoms with Gasteiger partial charge in [-0.3, -0.25) is 14.6 Å². The number of pyridine rings is 1. The molecule has 0 unspecified atom stereocenters. The van der Waals surface area contributed by atoms with Crippen molar-refractivity contribution in [2.24, 2.45) is 0 Å². The maximum Gasteiger partial charge on any atom is 0.257 e. The average molecular weight is 371 g/mol. The van der Waals surface area contributed by atoms with Crippen molar-refractivity contribution in [3.8, 4) is 17.2 Å². The van der Waals surface area contributed by atoms with Gasteiger partial charge in [0, 0.05) is 36.8 Å². The molecule has 1 aromatic heterocycles. The van der Waals surface area contributed by atoms with Crippen molar-refractivity contribution in [1.82, 2.24) is 10.3 Å². The number of ether oxygens (including phenoxy) is 3. The molecule has 0 atom stereocenters. The van der Waals surface area contributed by atoms with Crippen molar-refractivity contribution < 1.29 is 23.8 Å². The van der Waals surface area contributed by atoms with E-state index in [1.807, 2.05) is 0 Å². The molecular weight excluding hydrogens is 350 g/mol. The molecule has 2 aromatic rings. The van der Waals surface area contributed by atoms with Crippen LogP contribution in [0.2, 0.25) is 0 Å². The van der Waals surface area contributed by atoms with Gasteiger partial charge in [0.25, 0.3) is 11.8 Å². The number of nitrogens with one attached hydrogen (secondary N) is 2. The second-order valence-corrected chi connectivity index (χ2v) is 5.33. The van der Waals surface area contributed by atoms with E-state index in [0.29, 0.717) is 29.5 Å². The lowest BCUT2D eigenvalue weighted by Gasteiger charge is -2.14. The zero-order chi connectivity index (χ0) is 19.8. The summed E-state index contributed by atoms with van der Waals surface area (Å²) >= 11 is 0. The largest absolute Gasteiger partial charge is 0.493 e. The van der Waals surface area contributed by atoms with Crippen LogP contribution in [0, 0.1) is 0 Å². The lowest BCUT2D eigenvalue weighted by atomic mass is 10.1. The Morgan fingerprint density at radius 2 is 1.59 bits per heavy atom. The van der Waals surface area contributed by atoms with E-state index in [4.69, 9.17) is 14.2 Å². The minimum Gasteiger partial charge on any atom is -0.493 e. The molecule has 2 amide bonds. The highest BCUT2D eigenvalue weighted by Gasteiger charge is 2.16. The molecule has 0 saturated carbocycles. The molecule has 1 heterocycles. The average Bonchev–Trinajstić information content (AvgIpc) is 2.71. The summed E-state index contributed by atoms with van der Waals surface area (Å²) in [6.07, 6.45) is 4.32. The number of methoxy groups -OCH3 is 3. The minimum absolute atomic E-state index is 0.231. The zero-order valence-corrected chi connectivity index (χ0v) is 15.4. The van der Waals surface area contributed by atoms with Gasteiger partial charge in [-0.15, -0.1) is 6.58 Å². The molecule has 0 saturated heterocycles. The highest BCUT2D eigenvalue weighted by Crippen LogP contribution is 2.39. The summed E-state index contributed by atoms with van der Waals surface area (Å²) in [6, 6.07) is 4.67. The van der Waals surface area contributed by atoms with E-state index in [2.05, 4.69) is 22.2 Å². The van der Waals surface area contributed by atoms with Crippen molar-refractivity contribution >= 4 is 17.5 Å². The number of carbonyl (C=O) groups excluding carboxylic acids is 2. The highest BCUT2D eigenvalue weighted by molar-refractivity contribution is 6.06. The van der Waals surface area contributed by atoms with E-state index < -0.39 is 5.91 Å². The second kappa shape index (κ2) is 9.23. The second-order valence-electron chi connectivity index (χ2n) is 5.33. The number of aromatic nitrogens is 1. The molecule has 8 heteroatoms. The maximum atomic E-state index is 12.5. The Bertz CT molecular complexity index is 826. The quantitative estimate of drug-likeness (QED) is 0.691. The van der Waals surface area contributed by atoms with E-state index in [-0.39, 0.29) is 17.0 Å². The topological polar surface area (TPSA) is 98.8 Å².